The Morgan fingerprint density at radius 2 is 2.05 bits per heavy atom. The van der Waals surface area contributed by atoms with Crippen LogP contribution in [0.3, 0.4) is 0 Å². The van der Waals surface area contributed by atoms with Crippen molar-refractivity contribution in [2.45, 2.75) is 45.4 Å². The molecule has 0 radical (unpaired) electrons. The summed E-state index contributed by atoms with van der Waals surface area (Å²) in [5.41, 5.74) is -0.687. The Bertz CT molecular complexity index is 471. The Balaban J connectivity index is 2.04. The van der Waals surface area contributed by atoms with E-state index in [1.54, 1.807) is 6.07 Å². The van der Waals surface area contributed by atoms with Crippen LogP contribution in [-0.2, 0) is 4.79 Å². The van der Waals surface area contributed by atoms with Gasteiger partial charge < -0.3 is 15.2 Å². The van der Waals surface area contributed by atoms with Gasteiger partial charge in [0.2, 0.25) is 5.88 Å². The van der Waals surface area contributed by atoms with E-state index in [1.807, 2.05) is 6.92 Å². The molecule has 0 aliphatic heterocycles. The van der Waals surface area contributed by atoms with Crippen molar-refractivity contribution in [2.75, 3.05) is 18.5 Å². The molecule has 2 rings (SSSR count). The fourth-order valence-corrected chi connectivity index (χ4v) is 2.79. The van der Waals surface area contributed by atoms with E-state index in [0.29, 0.717) is 24.8 Å². The highest BCUT2D eigenvalue weighted by Crippen LogP contribution is 2.35. The number of nitrogens with zero attached hydrogens (tertiary/aromatic N) is 2. The highest BCUT2D eigenvalue weighted by molar-refractivity contribution is 5.75. The maximum atomic E-state index is 11.7. The molecule has 6 nitrogen and oxygen atoms in total. The van der Waals surface area contributed by atoms with E-state index in [0.717, 1.165) is 38.5 Å². The molecule has 0 aromatic carbocycles. The van der Waals surface area contributed by atoms with Crippen LogP contribution in [-0.4, -0.2) is 34.2 Å². The molecular formula is C15H23N3O3. The van der Waals surface area contributed by atoms with Gasteiger partial charge in [0, 0.05) is 12.6 Å². The molecule has 0 saturated heterocycles. The molecule has 1 fully saturated rings. The molecule has 1 aromatic rings. The quantitative estimate of drug-likeness (QED) is 0.784. The highest BCUT2D eigenvalue weighted by atomic mass is 16.5. The fraction of sp³-hybridized carbons (Fsp3) is 0.667. The number of carbonyl (C=O) groups is 1. The van der Waals surface area contributed by atoms with Crippen LogP contribution >= 0.6 is 0 Å². The number of hydrogen-bond donors (Lipinski definition) is 2. The van der Waals surface area contributed by atoms with Gasteiger partial charge in [0.05, 0.1) is 12.0 Å². The predicted octanol–water partition coefficient (Wildman–Crippen LogP) is 2.71. The lowest BCUT2D eigenvalue weighted by Gasteiger charge is -2.28. The van der Waals surface area contributed by atoms with Crippen LogP contribution in [0.5, 0.6) is 5.88 Å². The van der Waals surface area contributed by atoms with Crippen molar-refractivity contribution in [1.29, 1.82) is 0 Å². The van der Waals surface area contributed by atoms with E-state index in [4.69, 9.17) is 4.74 Å². The predicted molar refractivity (Wildman–Crippen MR) is 79.5 cm³/mol. The van der Waals surface area contributed by atoms with Gasteiger partial charge in [0.15, 0.2) is 0 Å². The molecule has 1 aromatic heterocycles. The molecule has 0 atom stereocenters. The van der Waals surface area contributed by atoms with Crippen molar-refractivity contribution in [3.63, 3.8) is 0 Å². The standard InChI is InChI=1S/C15H23N3O3/c1-2-21-13-9-12(17-11-18-13)16-10-15(14(19)20)7-5-3-4-6-8-15/h9,11H,2-8,10H2,1H3,(H,19,20)(H,16,17,18). The molecule has 0 bridgehead atoms. The second-order valence-electron chi connectivity index (χ2n) is 5.53. The van der Waals surface area contributed by atoms with Crippen molar-refractivity contribution in [2.24, 2.45) is 5.41 Å². The van der Waals surface area contributed by atoms with E-state index < -0.39 is 11.4 Å². The highest BCUT2D eigenvalue weighted by Gasteiger charge is 2.38. The minimum atomic E-state index is -0.712. The maximum absolute atomic E-state index is 11.7. The van der Waals surface area contributed by atoms with Gasteiger partial charge in [0.1, 0.15) is 12.1 Å². The molecule has 0 unspecified atom stereocenters. The largest absolute Gasteiger partial charge is 0.481 e. The Kier molecular flexibility index (Phi) is 5.36. The van der Waals surface area contributed by atoms with Gasteiger partial charge in [-0.05, 0) is 19.8 Å². The van der Waals surface area contributed by atoms with Gasteiger partial charge in [-0.25, -0.2) is 9.97 Å². The minimum Gasteiger partial charge on any atom is -0.481 e. The van der Waals surface area contributed by atoms with Crippen LogP contribution in [0.4, 0.5) is 5.82 Å². The summed E-state index contributed by atoms with van der Waals surface area (Å²) < 4.78 is 5.32. The van der Waals surface area contributed by atoms with Crippen molar-refractivity contribution < 1.29 is 14.6 Å². The van der Waals surface area contributed by atoms with Crippen LogP contribution in [0.1, 0.15) is 45.4 Å². The number of ether oxygens (including phenoxy) is 1. The summed E-state index contributed by atoms with van der Waals surface area (Å²) in [6.07, 6.45) is 7.06. The molecule has 1 saturated carbocycles. The summed E-state index contributed by atoms with van der Waals surface area (Å²) in [4.78, 5) is 19.8. The molecule has 21 heavy (non-hydrogen) atoms. The van der Waals surface area contributed by atoms with Gasteiger partial charge in [0.25, 0.3) is 0 Å². The first-order chi connectivity index (χ1) is 10.2. The zero-order valence-corrected chi connectivity index (χ0v) is 12.5. The van der Waals surface area contributed by atoms with Crippen molar-refractivity contribution in [1.82, 2.24) is 9.97 Å². The first-order valence-corrected chi connectivity index (χ1v) is 7.58. The van der Waals surface area contributed by atoms with Crippen molar-refractivity contribution >= 4 is 11.8 Å². The summed E-state index contributed by atoms with van der Waals surface area (Å²) in [6, 6.07) is 1.70. The minimum absolute atomic E-state index is 0.394. The van der Waals surface area contributed by atoms with Crippen molar-refractivity contribution in [3.05, 3.63) is 12.4 Å². The monoisotopic (exact) mass is 293 g/mol. The zero-order valence-electron chi connectivity index (χ0n) is 12.5. The van der Waals surface area contributed by atoms with Gasteiger partial charge in [-0.1, -0.05) is 25.7 Å². The van der Waals surface area contributed by atoms with Crippen LogP contribution in [0.25, 0.3) is 0 Å². The third kappa shape index (κ3) is 4.06. The van der Waals surface area contributed by atoms with Crippen LogP contribution in [0, 0.1) is 5.41 Å². The lowest BCUT2D eigenvalue weighted by molar-refractivity contribution is -0.149. The van der Waals surface area contributed by atoms with Crippen molar-refractivity contribution in [3.8, 4) is 5.88 Å². The maximum Gasteiger partial charge on any atom is 0.311 e. The third-order valence-corrected chi connectivity index (χ3v) is 4.06. The number of hydrogen-bond acceptors (Lipinski definition) is 5. The Morgan fingerprint density at radius 3 is 2.67 bits per heavy atom. The number of nitrogens with one attached hydrogen (secondary N) is 1. The van der Waals surface area contributed by atoms with E-state index >= 15 is 0 Å². The number of carboxylic acid groups (broad SMARTS) is 1. The number of aliphatic carboxylic acids is 1. The Labute approximate surface area is 124 Å². The molecular weight excluding hydrogens is 270 g/mol. The summed E-state index contributed by atoms with van der Waals surface area (Å²) in [7, 11) is 0. The van der Waals surface area contributed by atoms with E-state index in [-0.39, 0.29) is 0 Å². The molecule has 116 valence electrons. The van der Waals surface area contributed by atoms with Gasteiger partial charge in [-0.3, -0.25) is 4.79 Å². The zero-order chi connectivity index (χ0) is 15.1. The second-order valence-corrected chi connectivity index (χ2v) is 5.53. The first kappa shape index (κ1) is 15.5. The molecule has 1 heterocycles. The molecule has 1 aliphatic carbocycles. The average molecular weight is 293 g/mol. The lowest BCUT2D eigenvalue weighted by Crippen LogP contribution is -2.37. The van der Waals surface area contributed by atoms with Crippen LogP contribution < -0.4 is 10.1 Å². The summed E-state index contributed by atoms with van der Waals surface area (Å²) in [5.74, 6) is 0.398. The molecule has 6 heteroatoms. The molecule has 1 aliphatic rings. The molecule has 0 spiro atoms. The summed E-state index contributed by atoms with van der Waals surface area (Å²) in [5, 5.41) is 12.8. The summed E-state index contributed by atoms with van der Waals surface area (Å²) in [6.45, 7) is 2.82. The first-order valence-electron chi connectivity index (χ1n) is 7.58. The lowest BCUT2D eigenvalue weighted by atomic mass is 9.80. The van der Waals surface area contributed by atoms with Gasteiger partial charge >= 0.3 is 5.97 Å². The fourth-order valence-electron chi connectivity index (χ4n) is 2.79. The SMILES string of the molecule is CCOc1cc(NCC2(C(=O)O)CCCCCC2)ncn1. The number of aromatic nitrogens is 2. The number of anilines is 1. The van der Waals surface area contributed by atoms with Crippen LogP contribution in [0.2, 0.25) is 0 Å². The van der Waals surface area contributed by atoms with E-state index in [2.05, 4.69) is 15.3 Å². The topological polar surface area (TPSA) is 84.3 Å². The van der Waals surface area contributed by atoms with E-state index in [9.17, 15) is 9.90 Å². The van der Waals surface area contributed by atoms with Gasteiger partial charge in [-0.15, -0.1) is 0 Å². The molecule has 2 N–H and O–H groups in total. The van der Waals surface area contributed by atoms with E-state index in [1.165, 1.54) is 6.33 Å². The summed E-state index contributed by atoms with van der Waals surface area (Å²) >= 11 is 0. The van der Waals surface area contributed by atoms with Gasteiger partial charge in [-0.2, -0.15) is 0 Å². The number of rotatable bonds is 6. The number of carboxylic acids is 1. The Hall–Kier alpha value is -1.85. The molecule has 0 amide bonds. The van der Waals surface area contributed by atoms with Crippen LogP contribution in [0.15, 0.2) is 12.4 Å². The Morgan fingerprint density at radius 1 is 1.33 bits per heavy atom. The third-order valence-electron chi connectivity index (χ3n) is 4.06. The normalized spacial score (nSPS) is 17.8. The smallest absolute Gasteiger partial charge is 0.311 e. The average Bonchev–Trinajstić information content (AvgIpc) is 2.72. The second kappa shape index (κ2) is 7.24.